The second-order valence-electron chi connectivity index (χ2n) is 3.88. The van der Waals surface area contributed by atoms with Crippen molar-refractivity contribution in [1.82, 2.24) is 0 Å². The third-order valence-corrected chi connectivity index (χ3v) is 4.33. The van der Waals surface area contributed by atoms with Gasteiger partial charge in [-0.1, -0.05) is 17.7 Å². The van der Waals surface area contributed by atoms with Crippen LogP contribution in [0.4, 0.5) is 0 Å². The summed E-state index contributed by atoms with van der Waals surface area (Å²) in [6.45, 7) is 0.445. The van der Waals surface area contributed by atoms with Gasteiger partial charge in [-0.2, -0.15) is 0 Å². The van der Waals surface area contributed by atoms with E-state index in [1.807, 2.05) is 11.4 Å². The number of carboxylic acids is 1. The second-order valence-corrected chi connectivity index (χ2v) is 6.20. The maximum atomic E-state index is 10.4. The first kappa shape index (κ1) is 15.1. The van der Waals surface area contributed by atoms with Crippen LogP contribution in [-0.4, -0.2) is 11.1 Å². The number of aliphatic carboxylic acids is 1. The lowest BCUT2D eigenvalue weighted by atomic mass is 10.2. The predicted molar refractivity (Wildman–Crippen MR) is 84.5 cm³/mol. The van der Waals surface area contributed by atoms with Gasteiger partial charge in [0.15, 0.2) is 0 Å². The zero-order valence-electron chi connectivity index (χ0n) is 10.2. The summed E-state index contributed by atoms with van der Waals surface area (Å²) in [5.41, 5.74) is 0.712. The van der Waals surface area contributed by atoms with E-state index in [0.29, 0.717) is 22.9 Å². The minimum absolute atomic E-state index is 0.445. The number of thiophene rings is 1. The topological polar surface area (TPSA) is 46.5 Å². The van der Waals surface area contributed by atoms with Crippen LogP contribution in [0.2, 0.25) is 5.02 Å². The molecular formula is C14H10BrClO3S. The van der Waals surface area contributed by atoms with E-state index in [1.165, 1.54) is 6.08 Å². The molecule has 0 radical (unpaired) electrons. The van der Waals surface area contributed by atoms with Gasteiger partial charge in [0.25, 0.3) is 0 Å². The molecule has 1 heterocycles. The Balaban J connectivity index is 2.04. The molecule has 1 aromatic heterocycles. The largest absolute Gasteiger partial charge is 0.487 e. The number of hydrogen-bond acceptors (Lipinski definition) is 3. The van der Waals surface area contributed by atoms with Crippen molar-refractivity contribution in [3.63, 3.8) is 0 Å². The lowest BCUT2D eigenvalue weighted by molar-refractivity contribution is -0.131. The highest BCUT2D eigenvalue weighted by Gasteiger charge is 2.04. The van der Waals surface area contributed by atoms with E-state index in [4.69, 9.17) is 21.4 Å². The minimum atomic E-state index is -0.996. The van der Waals surface area contributed by atoms with Crippen LogP contribution in [0.25, 0.3) is 6.08 Å². The number of ether oxygens (including phenoxy) is 1. The Kier molecular flexibility index (Phi) is 5.23. The quantitative estimate of drug-likeness (QED) is 0.763. The summed E-state index contributed by atoms with van der Waals surface area (Å²) in [6.07, 6.45) is 2.55. The molecule has 104 valence electrons. The van der Waals surface area contributed by atoms with Gasteiger partial charge in [-0.3, -0.25) is 0 Å². The lowest BCUT2D eigenvalue weighted by Gasteiger charge is -2.07. The average Bonchev–Trinajstić information content (AvgIpc) is 2.81. The van der Waals surface area contributed by atoms with Gasteiger partial charge in [-0.15, -0.1) is 11.3 Å². The molecule has 0 spiro atoms. The van der Waals surface area contributed by atoms with Gasteiger partial charge in [0, 0.05) is 20.8 Å². The van der Waals surface area contributed by atoms with Crippen LogP contribution in [-0.2, 0) is 11.4 Å². The summed E-state index contributed by atoms with van der Waals surface area (Å²) >= 11 is 11.1. The van der Waals surface area contributed by atoms with Crippen LogP contribution < -0.4 is 4.74 Å². The number of carboxylic acid groups (broad SMARTS) is 1. The van der Waals surface area contributed by atoms with E-state index in [2.05, 4.69) is 15.9 Å². The monoisotopic (exact) mass is 372 g/mol. The third-order valence-electron chi connectivity index (χ3n) is 2.37. The maximum absolute atomic E-state index is 10.4. The first-order valence-electron chi connectivity index (χ1n) is 5.61. The molecule has 0 amide bonds. The Hall–Kier alpha value is -1.30. The van der Waals surface area contributed by atoms with Crippen molar-refractivity contribution in [3.05, 3.63) is 55.7 Å². The summed E-state index contributed by atoms with van der Waals surface area (Å²) in [5, 5.41) is 11.0. The molecule has 3 nitrogen and oxygen atoms in total. The van der Waals surface area contributed by atoms with Gasteiger partial charge in [-0.25, -0.2) is 4.79 Å². The van der Waals surface area contributed by atoms with Crippen LogP contribution in [0.3, 0.4) is 0 Å². The van der Waals surface area contributed by atoms with E-state index in [9.17, 15) is 4.79 Å². The fourth-order valence-electron chi connectivity index (χ4n) is 1.48. The molecule has 0 fully saturated rings. The maximum Gasteiger partial charge on any atom is 0.328 e. The van der Waals surface area contributed by atoms with E-state index in [0.717, 1.165) is 15.4 Å². The summed E-state index contributed by atoms with van der Waals surface area (Å²) in [6, 6.07) is 7.14. The molecule has 0 saturated heterocycles. The minimum Gasteiger partial charge on any atom is -0.487 e. The molecule has 0 aliphatic carbocycles. The molecule has 0 aliphatic rings. The summed E-state index contributed by atoms with van der Waals surface area (Å²) in [4.78, 5) is 11.5. The fraction of sp³-hybridized carbons (Fsp3) is 0.0714. The molecule has 0 bridgehead atoms. The van der Waals surface area contributed by atoms with Crippen LogP contribution in [0.1, 0.15) is 10.4 Å². The van der Waals surface area contributed by atoms with E-state index in [-0.39, 0.29) is 0 Å². The molecule has 1 aromatic carbocycles. The highest BCUT2D eigenvalue weighted by Crippen LogP contribution is 2.28. The van der Waals surface area contributed by atoms with Gasteiger partial charge in [-0.05, 0) is 45.8 Å². The lowest BCUT2D eigenvalue weighted by Crippen LogP contribution is -1.93. The highest BCUT2D eigenvalue weighted by molar-refractivity contribution is 9.10. The Bertz CT molecular complexity index is 652. The molecule has 0 atom stereocenters. The number of hydrogen-bond donors (Lipinski definition) is 1. The summed E-state index contributed by atoms with van der Waals surface area (Å²) in [5.74, 6) is -0.423. The van der Waals surface area contributed by atoms with Crippen molar-refractivity contribution >= 4 is 50.9 Å². The van der Waals surface area contributed by atoms with Crippen LogP contribution in [0.15, 0.2) is 40.2 Å². The third kappa shape index (κ3) is 4.37. The van der Waals surface area contributed by atoms with E-state index in [1.54, 1.807) is 29.5 Å². The van der Waals surface area contributed by atoms with Crippen molar-refractivity contribution < 1.29 is 14.6 Å². The number of carbonyl (C=O) groups is 1. The van der Waals surface area contributed by atoms with Crippen LogP contribution in [0.5, 0.6) is 5.75 Å². The van der Waals surface area contributed by atoms with E-state index < -0.39 is 5.97 Å². The zero-order valence-corrected chi connectivity index (χ0v) is 13.3. The Labute approximate surface area is 133 Å². The molecule has 0 saturated carbocycles. The normalized spacial score (nSPS) is 10.9. The van der Waals surface area contributed by atoms with Gasteiger partial charge in [0.1, 0.15) is 12.4 Å². The Morgan fingerprint density at radius 1 is 1.45 bits per heavy atom. The molecule has 0 unspecified atom stereocenters. The van der Waals surface area contributed by atoms with Crippen LogP contribution in [0, 0.1) is 0 Å². The molecular weight excluding hydrogens is 364 g/mol. The van der Waals surface area contributed by atoms with Gasteiger partial charge in [0.2, 0.25) is 0 Å². The zero-order chi connectivity index (χ0) is 14.5. The highest BCUT2D eigenvalue weighted by atomic mass is 79.9. The number of halogens is 2. The molecule has 20 heavy (non-hydrogen) atoms. The Morgan fingerprint density at radius 3 is 2.85 bits per heavy atom. The Morgan fingerprint density at radius 2 is 2.25 bits per heavy atom. The molecule has 2 rings (SSSR count). The smallest absolute Gasteiger partial charge is 0.328 e. The standard InChI is InChI=1S/C14H10BrClO3S/c15-10-6-11(20-8-10)7-19-13-3-1-9(5-12(13)16)2-4-14(17)18/h1-6,8H,7H2,(H,17,18). The summed E-state index contributed by atoms with van der Waals surface area (Å²) in [7, 11) is 0. The molecule has 0 aliphatic heterocycles. The van der Waals surface area contributed by atoms with E-state index >= 15 is 0 Å². The SMILES string of the molecule is O=C(O)C=Cc1ccc(OCc2cc(Br)cs2)c(Cl)c1. The van der Waals surface area contributed by atoms with Crippen molar-refractivity contribution in [2.24, 2.45) is 0 Å². The van der Waals surface area contributed by atoms with Gasteiger partial charge in [0.05, 0.1) is 5.02 Å². The fourth-order valence-corrected chi connectivity index (χ4v) is 3.09. The first-order valence-corrected chi connectivity index (χ1v) is 7.66. The van der Waals surface area contributed by atoms with Crippen molar-refractivity contribution in [3.8, 4) is 5.75 Å². The van der Waals surface area contributed by atoms with Gasteiger partial charge < -0.3 is 9.84 Å². The molecule has 2 aromatic rings. The number of rotatable bonds is 5. The predicted octanol–water partition coefficient (Wildman–Crippen LogP) is 4.84. The second kappa shape index (κ2) is 6.92. The molecule has 1 N–H and O–H groups in total. The first-order chi connectivity index (χ1) is 9.54. The van der Waals surface area contributed by atoms with Crippen molar-refractivity contribution in [2.75, 3.05) is 0 Å². The average molecular weight is 374 g/mol. The number of benzene rings is 1. The van der Waals surface area contributed by atoms with Crippen LogP contribution >= 0.6 is 38.9 Å². The van der Waals surface area contributed by atoms with Crippen molar-refractivity contribution in [2.45, 2.75) is 6.61 Å². The van der Waals surface area contributed by atoms with Gasteiger partial charge >= 0.3 is 5.97 Å². The molecule has 6 heteroatoms. The summed E-state index contributed by atoms with van der Waals surface area (Å²) < 4.78 is 6.66. The van der Waals surface area contributed by atoms with Crippen molar-refractivity contribution in [1.29, 1.82) is 0 Å².